The van der Waals surface area contributed by atoms with Crippen molar-refractivity contribution in [1.29, 1.82) is 0 Å². The Labute approximate surface area is 483 Å². The molecule has 9 aliphatic carbocycles. The van der Waals surface area contributed by atoms with Crippen LogP contribution in [0.4, 0.5) is 5.69 Å². The van der Waals surface area contributed by atoms with Crippen LogP contribution in [0, 0.1) is 85.8 Å². The molecule has 5 spiro atoms. The smallest absolute Gasteiger partial charge is 0.234 e. The molecule has 440 valence electrons. The first-order valence-electron chi connectivity index (χ1n) is 30.8. The highest BCUT2D eigenvalue weighted by Gasteiger charge is 2.87. The largest absolute Gasteiger partial charge is 0.508 e. The Morgan fingerprint density at radius 1 is 0.914 bits per heavy atom. The molecule has 0 radical (unpaired) electrons. The van der Waals surface area contributed by atoms with Crippen LogP contribution in [0.15, 0.2) is 72.9 Å². The molecular formula is C64H85N3O12S2. The number of hydrogen-bond donors (Lipinski definition) is 9. The van der Waals surface area contributed by atoms with Crippen LogP contribution in [-0.4, -0.2) is 139 Å². The molecule has 9 N–H and O–H groups in total. The van der Waals surface area contributed by atoms with Gasteiger partial charge in [0.15, 0.2) is 5.78 Å². The lowest BCUT2D eigenvalue weighted by Crippen LogP contribution is -2.82. The summed E-state index contributed by atoms with van der Waals surface area (Å²) in [7, 11) is 2.53. The van der Waals surface area contributed by atoms with Crippen molar-refractivity contribution in [3.8, 4) is 5.75 Å². The Balaban J connectivity index is 1.00. The summed E-state index contributed by atoms with van der Waals surface area (Å²) in [6, 6.07) is 5.31. The Morgan fingerprint density at radius 2 is 1.73 bits per heavy atom. The van der Waals surface area contributed by atoms with Crippen LogP contribution in [0.1, 0.15) is 123 Å². The number of aromatic nitrogens is 2. The summed E-state index contributed by atoms with van der Waals surface area (Å²) in [4.78, 5) is 39.0. The van der Waals surface area contributed by atoms with Crippen molar-refractivity contribution in [2.45, 2.75) is 183 Å². The number of nitrogens with zero attached hydrogens (tertiary/aromatic N) is 3. The summed E-state index contributed by atoms with van der Waals surface area (Å²) < 4.78 is 8.63. The second kappa shape index (κ2) is 18.7. The van der Waals surface area contributed by atoms with Crippen molar-refractivity contribution in [3.05, 3.63) is 78.4 Å². The van der Waals surface area contributed by atoms with Crippen molar-refractivity contribution in [2.75, 3.05) is 23.8 Å². The summed E-state index contributed by atoms with van der Waals surface area (Å²) in [6.45, 7) is 8.97. The van der Waals surface area contributed by atoms with Crippen LogP contribution in [0.2, 0.25) is 0 Å². The van der Waals surface area contributed by atoms with Crippen LogP contribution in [0.5, 0.6) is 5.75 Å². The quantitative estimate of drug-likeness (QED) is 0.0834. The van der Waals surface area contributed by atoms with E-state index in [1.54, 1.807) is 41.7 Å². The predicted molar refractivity (Wildman–Crippen MR) is 306 cm³/mol. The van der Waals surface area contributed by atoms with Crippen LogP contribution in [0.3, 0.4) is 0 Å². The first kappa shape index (κ1) is 55.8. The number of ketones is 1. The Hall–Kier alpha value is -3.07. The van der Waals surface area contributed by atoms with Crippen molar-refractivity contribution in [1.82, 2.24) is 9.55 Å². The summed E-state index contributed by atoms with van der Waals surface area (Å²) in [5, 5.41) is 118. The summed E-state index contributed by atoms with van der Waals surface area (Å²) in [5.41, 5.74) is -13.2. The molecule has 81 heavy (non-hydrogen) atoms. The van der Waals surface area contributed by atoms with Crippen molar-refractivity contribution >= 4 is 39.0 Å². The van der Waals surface area contributed by atoms with Crippen molar-refractivity contribution in [3.63, 3.8) is 0 Å². The number of benzene rings is 1. The first-order valence-corrected chi connectivity index (χ1v) is 33.2. The number of aromatic hydroxyl groups is 1. The SMILES string of the molecule is CC(C)[C@@H](C)[C@@H]1O[C@H]1[C@@]1(O)CC=C[C@@H]2C[C@H]3C4=CC(=O)[C@@]5(C[C@@H](O)[C@]6(O)[C@@H](O)C=C[C@@H]7[C@H](Cn8ccnc8)CC[C@@]76[C@]35C)[C@H](O)SSC[C@H]3CCC[C@H](CO)[C@@]35C(=O)N(C[C@]53CCC[C@H]3O)c3cc(O)cc(c3)CC[C@]23[C@@H]1CC[C@@]43O. The number of hydrogen-bond acceptors (Lipinski definition) is 15. The number of rotatable bonds is 6. The number of fused-ring (bicyclic) bond motifs is 1. The van der Waals surface area contributed by atoms with Gasteiger partial charge in [-0.1, -0.05) is 86.4 Å². The van der Waals surface area contributed by atoms with E-state index in [1.807, 2.05) is 29.8 Å². The number of aryl methyl sites for hydroxylation is 1. The van der Waals surface area contributed by atoms with Gasteiger partial charge in [0.05, 0.1) is 41.1 Å². The monoisotopic (exact) mass is 1150 g/mol. The lowest BCUT2D eigenvalue weighted by atomic mass is 9.29. The van der Waals surface area contributed by atoms with Gasteiger partial charge < -0.3 is 60.2 Å². The maximum atomic E-state index is 16.7. The van der Waals surface area contributed by atoms with E-state index in [0.717, 1.165) is 22.8 Å². The molecule has 2 aromatic rings. The number of carbonyl (C=O) groups excluding carboxylic acids is 2. The van der Waals surface area contributed by atoms with E-state index in [-0.39, 0.29) is 73.8 Å². The van der Waals surface area contributed by atoms with Crippen molar-refractivity contribution < 1.29 is 60.3 Å². The summed E-state index contributed by atoms with van der Waals surface area (Å²) in [6.07, 6.45) is 16.1. The fourth-order valence-corrected chi connectivity index (χ4v) is 25.7. The highest BCUT2D eigenvalue weighted by Crippen LogP contribution is 2.83. The van der Waals surface area contributed by atoms with Crippen LogP contribution in [0.25, 0.3) is 0 Å². The van der Waals surface area contributed by atoms with Crippen LogP contribution >= 0.6 is 21.6 Å². The van der Waals surface area contributed by atoms with E-state index < -0.39 is 115 Å². The number of phenols is 1. The fraction of sp³-hybridized carbons (Fsp3) is 0.734. The molecule has 0 unspecified atom stereocenters. The number of carbonyl (C=O) groups is 2. The molecule has 1 aromatic carbocycles. The topological polar surface area (TPSA) is 250 Å². The van der Waals surface area contributed by atoms with Gasteiger partial charge >= 0.3 is 0 Å². The number of epoxide rings is 1. The van der Waals surface area contributed by atoms with Gasteiger partial charge in [-0.25, -0.2) is 4.98 Å². The number of allylic oxidation sites excluding steroid dienone is 3. The standard InChI is InChI=1S/C64H85N3O12S2/c1-35(2)36(3)52-53(79-52)60(76)18-6-10-39-26-45-46-28-50(72)59(29-51(73)64(78)49(71)13-12-44-38(30-66-23-22-65-34-66)15-20-61(44,64)56(45,59)4)55(75)81-80-32-41-9-5-8-40(31-68)63(41)54(74)67(33-57(63)17-7-11-48(57)70)42-24-37(25-43(69)27-42)14-19-58(39)47(60)16-21-62(46,58)77/h6,10,12-13,22-25,27-28,34-36,38-41,44-45,47-49,51-53,55,68-71,73,75-78H,5,7-9,11,14-21,26,29-33H2,1-4H3/t36-,38+,39-,40-,41-,44-,45+,47+,48-,49+,51-,52+,53-,55-,56-,57+,58-,59+,60-,61+,62-,63+,64-/m1/s1. The van der Waals surface area contributed by atoms with Gasteiger partial charge in [0.1, 0.15) is 34.6 Å². The molecule has 6 heterocycles. The van der Waals surface area contributed by atoms with Gasteiger partial charge in [0.2, 0.25) is 5.91 Å². The third kappa shape index (κ3) is 6.70. The lowest BCUT2D eigenvalue weighted by molar-refractivity contribution is -0.332. The molecule has 2 saturated heterocycles. The number of aliphatic hydroxyl groups excluding tert-OH is 5. The van der Waals surface area contributed by atoms with E-state index in [1.165, 1.54) is 10.8 Å². The molecule has 1 amide bonds. The molecule has 14 aliphatic rings. The molecule has 8 fully saturated rings. The highest BCUT2D eigenvalue weighted by atomic mass is 33.1. The molecule has 8 bridgehead atoms. The highest BCUT2D eigenvalue weighted by molar-refractivity contribution is 8.76. The average Bonchev–Trinajstić information content (AvgIpc) is 2.11. The Bertz CT molecular complexity index is 2980. The molecule has 16 rings (SSSR count). The normalized spacial score (nSPS) is 50.8. The molecule has 6 saturated carbocycles. The Kier molecular flexibility index (Phi) is 12.9. The third-order valence-electron chi connectivity index (χ3n) is 26.3. The second-order valence-electron chi connectivity index (χ2n) is 28.6. The predicted octanol–water partition coefficient (Wildman–Crippen LogP) is 6.66. The second-order valence-corrected chi connectivity index (χ2v) is 31.1. The van der Waals surface area contributed by atoms with E-state index in [9.17, 15) is 46.0 Å². The molecule has 15 nitrogen and oxygen atoms in total. The fourth-order valence-electron chi connectivity index (χ4n) is 22.7. The molecule has 17 heteroatoms. The molecule has 1 aromatic heterocycles. The number of ether oxygens (including phenoxy) is 1. The maximum Gasteiger partial charge on any atom is 0.234 e. The lowest BCUT2D eigenvalue weighted by Gasteiger charge is -2.76. The zero-order valence-electron chi connectivity index (χ0n) is 47.4. The zero-order chi connectivity index (χ0) is 56.8. The van der Waals surface area contributed by atoms with Crippen LogP contribution in [-0.2, 0) is 27.3 Å². The van der Waals surface area contributed by atoms with E-state index >= 15 is 9.59 Å². The van der Waals surface area contributed by atoms with Crippen molar-refractivity contribution in [2.24, 2.45) is 85.8 Å². The van der Waals surface area contributed by atoms with E-state index in [0.29, 0.717) is 94.2 Å². The average molecular weight is 1150 g/mol. The molecule has 5 aliphatic heterocycles. The molecular weight excluding hydrogens is 1070 g/mol. The minimum absolute atomic E-state index is 0.0335. The number of phenolic OH excluding ortho intramolecular Hbond substituents is 1. The minimum Gasteiger partial charge on any atom is -0.508 e. The van der Waals surface area contributed by atoms with Gasteiger partial charge in [-0.15, -0.1) is 0 Å². The van der Waals surface area contributed by atoms with Gasteiger partial charge in [0.25, 0.3) is 0 Å². The van der Waals surface area contributed by atoms with E-state index in [4.69, 9.17) is 4.74 Å². The number of anilines is 1. The van der Waals surface area contributed by atoms with Crippen LogP contribution < -0.4 is 4.90 Å². The van der Waals surface area contributed by atoms with Gasteiger partial charge in [-0.3, -0.25) is 9.59 Å². The minimum atomic E-state index is -2.20. The van der Waals surface area contributed by atoms with E-state index in [2.05, 4.69) is 37.9 Å². The zero-order valence-corrected chi connectivity index (χ0v) is 49.0. The number of imidazole rings is 1. The van der Waals surface area contributed by atoms with Gasteiger partial charge in [-0.05, 0) is 166 Å². The maximum absolute atomic E-state index is 16.7. The number of aliphatic hydroxyl groups is 8. The first-order chi connectivity index (χ1) is 38.6. The van der Waals surface area contributed by atoms with Gasteiger partial charge in [-0.2, -0.15) is 0 Å². The summed E-state index contributed by atoms with van der Waals surface area (Å²) >= 11 is 0. The third-order valence-corrected chi connectivity index (χ3v) is 28.9. The molecule has 23 atom stereocenters. The summed E-state index contributed by atoms with van der Waals surface area (Å²) in [5.74, 6) is -3.15. The Morgan fingerprint density at radius 3 is 2.47 bits per heavy atom. The van der Waals surface area contributed by atoms with Gasteiger partial charge in [0, 0.05) is 71.8 Å². The number of amides is 1.